The quantitative estimate of drug-likeness (QED) is 0.861. The second-order valence-corrected chi connectivity index (χ2v) is 7.76. The Kier molecular flexibility index (Phi) is 4.99. The molecule has 0 aliphatic carbocycles. The molecule has 2 rings (SSSR count). The fraction of sp³-hybridized carbons (Fsp3) is 0.308. The Hall–Kier alpha value is -1.71. The molecule has 6 nitrogen and oxygen atoms in total. The van der Waals surface area contributed by atoms with Gasteiger partial charge in [0.25, 0.3) is 10.0 Å². The number of H-pyrrole nitrogens is 1. The Morgan fingerprint density at radius 3 is 2.64 bits per heavy atom. The van der Waals surface area contributed by atoms with Crippen molar-refractivity contribution in [3.8, 4) is 5.75 Å². The van der Waals surface area contributed by atoms with E-state index in [9.17, 15) is 17.6 Å². The first-order valence-corrected chi connectivity index (χ1v) is 8.61. The number of hydrogen-bond acceptors (Lipinski definition) is 5. The summed E-state index contributed by atoms with van der Waals surface area (Å²) < 4.78 is 44.3. The molecule has 9 heteroatoms. The standard InChI is InChI=1S/C13H15FN2O4S2/c1-9-12(21-13(17)15-9)22(18,19)16(2)7-8-20-11-6-4-3-5-10(11)14/h3-6H,7-8H2,1-2H3,(H,15,17). The number of aromatic nitrogens is 1. The Labute approximate surface area is 131 Å². The Bertz CT molecular complexity index is 813. The number of ether oxygens (including phenoxy) is 1. The van der Waals surface area contributed by atoms with Gasteiger partial charge in [-0.2, -0.15) is 4.31 Å². The molecule has 120 valence electrons. The lowest BCUT2D eigenvalue weighted by Gasteiger charge is -2.16. The molecule has 22 heavy (non-hydrogen) atoms. The third kappa shape index (κ3) is 3.54. The summed E-state index contributed by atoms with van der Waals surface area (Å²) in [7, 11) is -2.39. The van der Waals surface area contributed by atoms with Crippen molar-refractivity contribution in [2.45, 2.75) is 11.1 Å². The highest BCUT2D eigenvalue weighted by Gasteiger charge is 2.25. The molecule has 1 aromatic heterocycles. The second kappa shape index (κ2) is 6.59. The Morgan fingerprint density at radius 1 is 1.36 bits per heavy atom. The normalized spacial score (nSPS) is 11.8. The van der Waals surface area contributed by atoms with Crippen molar-refractivity contribution in [3.63, 3.8) is 0 Å². The topological polar surface area (TPSA) is 79.5 Å². The highest BCUT2D eigenvalue weighted by atomic mass is 32.2. The number of nitrogens with zero attached hydrogens (tertiary/aromatic N) is 1. The van der Waals surface area contributed by atoms with Gasteiger partial charge in [-0.1, -0.05) is 23.5 Å². The lowest BCUT2D eigenvalue weighted by Crippen LogP contribution is -2.31. The number of rotatable bonds is 6. The van der Waals surface area contributed by atoms with Crippen molar-refractivity contribution in [2.75, 3.05) is 20.2 Å². The maximum absolute atomic E-state index is 13.4. The van der Waals surface area contributed by atoms with Gasteiger partial charge in [-0.05, 0) is 19.1 Å². The zero-order valence-corrected chi connectivity index (χ0v) is 13.6. The number of para-hydroxylation sites is 1. The van der Waals surface area contributed by atoms with Crippen molar-refractivity contribution >= 4 is 21.4 Å². The number of benzene rings is 1. The van der Waals surface area contributed by atoms with Crippen molar-refractivity contribution < 1.29 is 17.5 Å². The monoisotopic (exact) mass is 346 g/mol. The first-order chi connectivity index (χ1) is 10.3. The largest absolute Gasteiger partial charge is 0.489 e. The van der Waals surface area contributed by atoms with Crippen molar-refractivity contribution in [2.24, 2.45) is 0 Å². The van der Waals surface area contributed by atoms with E-state index in [1.54, 1.807) is 6.07 Å². The van der Waals surface area contributed by atoms with E-state index in [4.69, 9.17) is 4.74 Å². The number of aryl methyl sites for hydroxylation is 1. The SMILES string of the molecule is Cc1[nH]c(=O)sc1S(=O)(=O)N(C)CCOc1ccccc1F. The first-order valence-electron chi connectivity index (χ1n) is 6.35. The van der Waals surface area contributed by atoms with Gasteiger partial charge in [-0.25, -0.2) is 12.8 Å². The molecule has 1 N–H and O–H groups in total. The maximum Gasteiger partial charge on any atom is 0.305 e. The summed E-state index contributed by atoms with van der Waals surface area (Å²) in [5, 5.41) is 0. The molecule has 0 radical (unpaired) electrons. The van der Waals surface area contributed by atoms with Gasteiger partial charge in [0.05, 0.1) is 0 Å². The van der Waals surface area contributed by atoms with Crippen molar-refractivity contribution in [3.05, 3.63) is 45.4 Å². The lowest BCUT2D eigenvalue weighted by atomic mass is 10.3. The molecule has 0 amide bonds. The predicted molar refractivity (Wildman–Crippen MR) is 81.4 cm³/mol. The van der Waals surface area contributed by atoms with Crippen molar-refractivity contribution in [1.29, 1.82) is 0 Å². The molecule has 1 aromatic carbocycles. The van der Waals surface area contributed by atoms with E-state index in [0.29, 0.717) is 17.0 Å². The van der Waals surface area contributed by atoms with Crippen LogP contribution in [0, 0.1) is 12.7 Å². The Morgan fingerprint density at radius 2 is 2.05 bits per heavy atom. The molecule has 0 aliphatic heterocycles. The van der Waals surface area contributed by atoms with Crippen LogP contribution in [-0.2, 0) is 10.0 Å². The molecule has 0 saturated carbocycles. The van der Waals surface area contributed by atoms with Crippen LogP contribution in [0.2, 0.25) is 0 Å². The van der Waals surface area contributed by atoms with Crippen LogP contribution >= 0.6 is 11.3 Å². The molecule has 1 heterocycles. The zero-order chi connectivity index (χ0) is 16.3. The summed E-state index contributed by atoms with van der Waals surface area (Å²) in [5.74, 6) is -0.441. The van der Waals surface area contributed by atoms with E-state index in [-0.39, 0.29) is 23.1 Å². The minimum atomic E-state index is -3.77. The summed E-state index contributed by atoms with van der Waals surface area (Å²) in [6.45, 7) is 1.55. The number of halogens is 1. The summed E-state index contributed by atoms with van der Waals surface area (Å²) in [4.78, 5) is 13.2. The molecule has 0 atom stereocenters. The fourth-order valence-corrected chi connectivity index (χ4v) is 4.39. The minimum absolute atomic E-state index is 0.00493. The zero-order valence-electron chi connectivity index (χ0n) is 12.0. The Balaban J connectivity index is 2.03. The number of likely N-dealkylation sites (N-methyl/N-ethyl adjacent to an activating group) is 1. The molecule has 0 aliphatic rings. The van der Waals surface area contributed by atoms with E-state index in [0.717, 1.165) is 4.31 Å². The first kappa shape index (κ1) is 16.7. The number of sulfonamides is 1. The van der Waals surface area contributed by atoms with Gasteiger partial charge in [0.2, 0.25) is 0 Å². The van der Waals surface area contributed by atoms with Gasteiger partial charge in [0.1, 0.15) is 6.61 Å². The predicted octanol–water partition coefficient (Wildman–Crippen LogP) is 1.58. The van der Waals surface area contributed by atoms with Crippen LogP contribution in [-0.4, -0.2) is 37.9 Å². The molecule has 2 aromatic rings. The highest BCUT2D eigenvalue weighted by molar-refractivity contribution is 7.91. The average molecular weight is 346 g/mol. The van der Waals surface area contributed by atoms with E-state index in [2.05, 4.69) is 4.98 Å². The second-order valence-electron chi connectivity index (χ2n) is 4.53. The number of thiazole rings is 1. The molecular formula is C13H15FN2O4S2. The molecule has 0 saturated heterocycles. The summed E-state index contributed by atoms with van der Waals surface area (Å²) in [5.41, 5.74) is 0.303. The van der Waals surface area contributed by atoms with Gasteiger partial charge < -0.3 is 9.72 Å². The third-order valence-corrected chi connectivity index (χ3v) is 6.37. The number of nitrogens with one attached hydrogen (secondary N) is 1. The molecule has 0 spiro atoms. The smallest absolute Gasteiger partial charge is 0.305 e. The number of aromatic amines is 1. The fourth-order valence-electron chi connectivity index (χ4n) is 1.74. The van der Waals surface area contributed by atoms with Crippen molar-refractivity contribution in [1.82, 2.24) is 9.29 Å². The maximum atomic E-state index is 13.4. The van der Waals surface area contributed by atoms with Crippen LogP contribution in [0.5, 0.6) is 5.75 Å². The van der Waals surface area contributed by atoms with Gasteiger partial charge in [-0.3, -0.25) is 4.79 Å². The van der Waals surface area contributed by atoms with E-state index in [1.807, 2.05) is 0 Å². The van der Waals surface area contributed by atoms with Gasteiger partial charge in [0, 0.05) is 19.3 Å². The highest BCUT2D eigenvalue weighted by Crippen LogP contribution is 2.20. The lowest BCUT2D eigenvalue weighted by molar-refractivity contribution is 0.275. The van der Waals surface area contributed by atoms with Crippen LogP contribution in [0.15, 0.2) is 33.3 Å². The van der Waals surface area contributed by atoms with Crippen LogP contribution in [0.4, 0.5) is 4.39 Å². The van der Waals surface area contributed by atoms with E-state index in [1.165, 1.54) is 32.2 Å². The van der Waals surface area contributed by atoms with E-state index >= 15 is 0 Å². The minimum Gasteiger partial charge on any atom is -0.489 e. The number of hydrogen-bond donors (Lipinski definition) is 1. The summed E-state index contributed by atoms with van der Waals surface area (Å²) >= 11 is 0.640. The van der Waals surface area contributed by atoms with Gasteiger partial charge in [-0.15, -0.1) is 0 Å². The van der Waals surface area contributed by atoms with Crippen LogP contribution in [0.1, 0.15) is 5.69 Å². The summed E-state index contributed by atoms with van der Waals surface area (Å²) in [6, 6.07) is 5.89. The van der Waals surface area contributed by atoms with Gasteiger partial charge in [0.15, 0.2) is 15.8 Å². The van der Waals surface area contributed by atoms with Crippen LogP contribution < -0.4 is 9.61 Å². The van der Waals surface area contributed by atoms with Crippen LogP contribution in [0.3, 0.4) is 0 Å². The third-order valence-electron chi connectivity index (χ3n) is 2.93. The van der Waals surface area contributed by atoms with E-state index < -0.39 is 20.7 Å². The molecule has 0 bridgehead atoms. The molecule has 0 fully saturated rings. The van der Waals surface area contributed by atoms with Gasteiger partial charge >= 0.3 is 4.87 Å². The average Bonchev–Trinajstić information content (AvgIpc) is 2.80. The molecule has 0 unspecified atom stereocenters. The summed E-state index contributed by atoms with van der Waals surface area (Å²) in [6.07, 6.45) is 0. The molecular weight excluding hydrogens is 331 g/mol. The van der Waals surface area contributed by atoms with Crippen LogP contribution in [0.25, 0.3) is 0 Å².